The van der Waals surface area contributed by atoms with Gasteiger partial charge in [0, 0.05) is 45.9 Å². The molecular weight excluding hydrogens is 481 g/mol. The molecule has 0 aliphatic heterocycles. The van der Waals surface area contributed by atoms with Gasteiger partial charge in [0.15, 0.2) is 11.6 Å². The van der Waals surface area contributed by atoms with Crippen molar-refractivity contribution in [1.82, 2.24) is 20.1 Å². The highest BCUT2D eigenvalue weighted by Crippen LogP contribution is 2.40. The van der Waals surface area contributed by atoms with Gasteiger partial charge in [-0.2, -0.15) is 0 Å². The first-order valence-corrected chi connectivity index (χ1v) is 12.0. The number of hydrogen-bond acceptors (Lipinski definition) is 3. The van der Waals surface area contributed by atoms with Gasteiger partial charge in [-0.15, -0.1) is 10.2 Å². The number of benzene rings is 3. The van der Waals surface area contributed by atoms with Crippen LogP contribution in [0.3, 0.4) is 0 Å². The van der Waals surface area contributed by atoms with Gasteiger partial charge in [-0.1, -0.05) is 59.6 Å². The number of nitrogens with zero attached hydrogens (tertiary/aromatic N) is 3. The Bertz CT molecular complexity index is 1360. The topological polar surface area (TPSA) is 71.8 Å². The number of halogens is 2. The van der Waals surface area contributed by atoms with Crippen LogP contribution in [0.5, 0.6) is 0 Å². The van der Waals surface area contributed by atoms with E-state index in [9.17, 15) is 4.79 Å². The van der Waals surface area contributed by atoms with Crippen molar-refractivity contribution < 1.29 is 4.79 Å². The van der Waals surface area contributed by atoms with Crippen LogP contribution >= 0.6 is 23.2 Å². The zero-order chi connectivity index (χ0) is 24.4. The van der Waals surface area contributed by atoms with Gasteiger partial charge in [0.05, 0.1) is 0 Å². The maximum atomic E-state index is 12.4. The fraction of sp³-hybridized carbons (Fsp3) is 0.148. The van der Waals surface area contributed by atoms with Gasteiger partial charge in [0.25, 0.3) is 0 Å². The van der Waals surface area contributed by atoms with Gasteiger partial charge in [-0.05, 0) is 60.5 Å². The van der Waals surface area contributed by atoms with Crippen LogP contribution in [0.2, 0.25) is 10.0 Å². The van der Waals surface area contributed by atoms with Crippen LogP contribution in [0.25, 0.3) is 23.5 Å². The number of hydrogen-bond donors (Lipinski definition) is 2. The molecule has 1 heterocycles. The first-order chi connectivity index (χ1) is 17.0. The smallest absolute Gasteiger partial charge is 0.319 e. The van der Waals surface area contributed by atoms with Crippen LogP contribution in [0, 0.1) is 0 Å². The number of amides is 2. The molecule has 3 aromatic carbocycles. The SMILES string of the molecule is Cn1c(/C=C/c2c(Cl)cccc2Cl)nnc1-c1ccc(NC(=O)NC2CC2c2ccccc2)cc1. The minimum Gasteiger partial charge on any atom is -0.334 e. The molecule has 4 aromatic rings. The molecule has 35 heavy (non-hydrogen) atoms. The lowest BCUT2D eigenvalue weighted by Gasteiger charge is -2.08. The van der Waals surface area contributed by atoms with Crippen LogP contribution in [0.4, 0.5) is 10.5 Å². The summed E-state index contributed by atoms with van der Waals surface area (Å²) in [4.78, 5) is 12.4. The summed E-state index contributed by atoms with van der Waals surface area (Å²) in [6.07, 6.45) is 4.61. The fourth-order valence-corrected chi connectivity index (χ4v) is 4.55. The maximum absolute atomic E-state index is 12.4. The second-order valence-electron chi connectivity index (χ2n) is 8.44. The predicted molar refractivity (Wildman–Crippen MR) is 142 cm³/mol. The van der Waals surface area contributed by atoms with Crippen molar-refractivity contribution >= 4 is 47.1 Å². The van der Waals surface area contributed by atoms with Crippen LogP contribution < -0.4 is 10.6 Å². The number of aromatic nitrogens is 3. The van der Waals surface area contributed by atoms with Crippen molar-refractivity contribution in [1.29, 1.82) is 0 Å². The van der Waals surface area contributed by atoms with Crippen molar-refractivity contribution in [2.75, 3.05) is 5.32 Å². The Morgan fingerprint density at radius 1 is 0.943 bits per heavy atom. The molecule has 2 atom stereocenters. The second kappa shape index (κ2) is 9.94. The number of nitrogens with one attached hydrogen (secondary N) is 2. The van der Waals surface area contributed by atoms with Gasteiger partial charge in [-0.3, -0.25) is 0 Å². The van der Waals surface area contributed by atoms with Crippen molar-refractivity contribution in [2.24, 2.45) is 7.05 Å². The molecule has 1 aromatic heterocycles. The molecule has 0 bridgehead atoms. The minimum atomic E-state index is -0.203. The molecule has 1 saturated carbocycles. The standard InChI is InChI=1S/C27H23Cl2N5O/c1-34-25(15-14-20-22(28)8-5-9-23(20)29)32-33-26(34)18-10-12-19(13-11-18)30-27(35)31-24-16-21(24)17-6-3-2-4-7-17/h2-15,21,24H,16H2,1H3,(H2,30,31,35)/b15-14+. The Balaban J connectivity index is 1.21. The molecule has 5 rings (SSSR count). The molecule has 2 amide bonds. The highest BCUT2D eigenvalue weighted by Gasteiger charge is 2.39. The first-order valence-electron chi connectivity index (χ1n) is 11.2. The lowest BCUT2D eigenvalue weighted by Crippen LogP contribution is -2.31. The lowest BCUT2D eigenvalue weighted by molar-refractivity contribution is 0.251. The van der Waals surface area contributed by atoms with E-state index in [-0.39, 0.29) is 12.1 Å². The minimum absolute atomic E-state index is 0.169. The molecule has 176 valence electrons. The summed E-state index contributed by atoms with van der Waals surface area (Å²) in [5.74, 6) is 1.75. The van der Waals surface area contributed by atoms with E-state index in [2.05, 4.69) is 33.0 Å². The Labute approximate surface area is 213 Å². The average molecular weight is 504 g/mol. The van der Waals surface area contributed by atoms with Crippen molar-refractivity contribution in [3.8, 4) is 11.4 Å². The second-order valence-corrected chi connectivity index (χ2v) is 9.26. The fourth-order valence-electron chi connectivity index (χ4n) is 4.03. The summed E-state index contributed by atoms with van der Waals surface area (Å²) in [7, 11) is 1.89. The Kier molecular flexibility index (Phi) is 6.57. The molecule has 1 aliphatic rings. The Hall–Kier alpha value is -3.61. The molecule has 2 N–H and O–H groups in total. The third-order valence-corrected chi connectivity index (χ3v) is 6.70. The van der Waals surface area contributed by atoms with Crippen LogP contribution in [-0.2, 0) is 7.05 Å². The van der Waals surface area contributed by atoms with Crippen molar-refractivity contribution in [2.45, 2.75) is 18.4 Å². The monoisotopic (exact) mass is 503 g/mol. The molecule has 2 unspecified atom stereocenters. The number of anilines is 1. The van der Waals surface area contributed by atoms with Gasteiger partial charge in [-0.25, -0.2) is 4.79 Å². The van der Waals surface area contributed by atoms with Gasteiger partial charge in [0.2, 0.25) is 0 Å². The Morgan fingerprint density at radius 2 is 1.66 bits per heavy atom. The predicted octanol–water partition coefficient (Wildman–Crippen LogP) is 6.64. The quantitative estimate of drug-likeness (QED) is 0.309. The third kappa shape index (κ3) is 5.24. The van der Waals surface area contributed by atoms with E-state index >= 15 is 0 Å². The van der Waals surface area contributed by atoms with E-state index in [4.69, 9.17) is 23.2 Å². The summed E-state index contributed by atoms with van der Waals surface area (Å²) in [6, 6.07) is 23.1. The summed E-state index contributed by atoms with van der Waals surface area (Å²) in [5, 5.41) is 15.7. The number of rotatable bonds is 6. The van der Waals surface area contributed by atoms with Gasteiger partial charge < -0.3 is 15.2 Å². The summed E-state index contributed by atoms with van der Waals surface area (Å²) in [6.45, 7) is 0. The van der Waals surface area contributed by atoms with E-state index < -0.39 is 0 Å². The summed E-state index contributed by atoms with van der Waals surface area (Å²) < 4.78 is 1.88. The summed E-state index contributed by atoms with van der Waals surface area (Å²) >= 11 is 12.5. The molecular formula is C27H23Cl2N5O. The molecule has 1 aliphatic carbocycles. The van der Waals surface area contributed by atoms with E-state index in [1.165, 1.54) is 5.56 Å². The van der Waals surface area contributed by atoms with E-state index in [1.54, 1.807) is 18.2 Å². The third-order valence-electron chi connectivity index (χ3n) is 6.04. The molecule has 0 saturated heterocycles. The van der Waals surface area contributed by atoms with Crippen LogP contribution in [-0.4, -0.2) is 26.8 Å². The van der Waals surface area contributed by atoms with E-state index in [1.807, 2.05) is 66.2 Å². The van der Waals surface area contributed by atoms with Gasteiger partial charge >= 0.3 is 6.03 Å². The largest absolute Gasteiger partial charge is 0.334 e. The van der Waals surface area contributed by atoms with Crippen LogP contribution in [0.1, 0.15) is 29.3 Å². The maximum Gasteiger partial charge on any atom is 0.319 e. The van der Waals surface area contributed by atoms with E-state index in [0.29, 0.717) is 33.3 Å². The Morgan fingerprint density at radius 3 is 2.37 bits per heavy atom. The van der Waals surface area contributed by atoms with Crippen molar-refractivity contribution in [3.05, 3.63) is 99.8 Å². The molecule has 8 heteroatoms. The molecule has 0 spiro atoms. The highest BCUT2D eigenvalue weighted by molar-refractivity contribution is 6.37. The zero-order valence-electron chi connectivity index (χ0n) is 19.0. The highest BCUT2D eigenvalue weighted by atomic mass is 35.5. The molecule has 6 nitrogen and oxygen atoms in total. The van der Waals surface area contributed by atoms with E-state index in [0.717, 1.165) is 17.5 Å². The number of carbonyl (C=O) groups excluding carboxylic acids is 1. The first kappa shape index (κ1) is 23.1. The average Bonchev–Trinajstić information content (AvgIpc) is 3.53. The normalized spacial score (nSPS) is 16.9. The van der Waals surface area contributed by atoms with Gasteiger partial charge in [0.1, 0.15) is 0 Å². The molecule has 1 fully saturated rings. The van der Waals surface area contributed by atoms with Crippen molar-refractivity contribution in [3.63, 3.8) is 0 Å². The lowest BCUT2D eigenvalue weighted by atomic mass is 10.1. The van der Waals surface area contributed by atoms with Crippen LogP contribution in [0.15, 0.2) is 72.8 Å². The summed E-state index contributed by atoms with van der Waals surface area (Å²) in [5.41, 5.74) is 3.58. The molecule has 0 radical (unpaired) electrons. The number of urea groups is 1. The zero-order valence-corrected chi connectivity index (χ0v) is 20.5. The number of carbonyl (C=O) groups is 1.